The first-order valence-electron chi connectivity index (χ1n) is 5.86. The van der Waals surface area contributed by atoms with E-state index in [1.54, 1.807) is 24.0 Å². The maximum absolute atomic E-state index is 12.1. The van der Waals surface area contributed by atoms with Crippen molar-refractivity contribution in [1.82, 2.24) is 0 Å². The van der Waals surface area contributed by atoms with Crippen LogP contribution in [0.25, 0.3) is 0 Å². The first-order valence-corrected chi connectivity index (χ1v) is 5.86. The minimum absolute atomic E-state index is 0.00296. The molecule has 2 rings (SSSR count). The third kappa shape index (κ3) is 2.20. The van der Waals surface area contributed by atoms with E-state index in [0.29, 0.717) is 18.2 Å². The van der Waals surface area contributed by atoms with Crippen molar-refractivity contribution < 1.29 is 9.53 Å². The highest BCUT2D eigenvalue weighted by atomic mass is 16.5. The van der Waals surface area contributed by atoms with Crippen molar-refractivity contribution in [2.75, 3.05) is 17.2 Å². The summed E-state index contributed by atoms with van der Waals surface area (Å²) in [4.78, 5) is 13.9. The predicted octanol–water partition coefficient (Wildman–Crippen LogP) is 2.04. The van der Waals surface area contributed by atoms with E-state index in [4.69, 9.17) is 10.5 Å². The summed E-state index contributed by atoms with van der Waals surface area (Å²) in [6, 6.07) is 5.40. The van der Waals surface area contributed by atoms with Crippen molar-refractivity contribution in [3.05, 3.63) is 18.2 Å². The number of hydrogen-bond donors (Lipinski definition) is 1. The molecule has 1 heterocycles. The standard InChI is InChI=1S/C13H18N2O2/c1-8(2)7-15-11-6-10(14)4-5-12(11)17-9(3)13(15)16/h4-6,8-9H,7,14H2,1-3H3. The second kappa shape index (κ2) is 4.28. The molecule has 4 heteroatoms. The minimum atomic E-state index is -0.426. The Morgan fingerprint density at radius 2 is 2.18 bits per heavy atom. The zero-order valence-electron chi connectivity index (χ0n) is 10.4. The van der Waals surface area contributed by atoms with Gasteiger partial charge in [0.1, 0.15) is 5.75 Å². The van der Waals surface area contributed by atoms with Gasteiger partial charge in [0.2, 0.25) is 0 Å². The van der Waals surface area contributed by atoms with E-state index in [-0.39, 0.29) is 5.91 Å². The molecule has 1 aromatic carbocycles. The van der Waals surface area contributed by atoms with Gasteiger partial charge in [-0.3, -0.25) is 4.79 Å². The lowest BCUT2D eigenvalue weighted by atomic mass is 10.1. The molecule has 2 N–H and O–H groups in total. The third-order valence-electron chi connectivity index (χ3n) is 2.74. The second-order valence-corrected chi connectivity index (χ2v) is 4.83. The van der Waals surface area contributed by atoms with Gasteiger partial charge in [-0.15, -0.1) is 0 Å². The summed E-state index contributed by atoms with van der Waals surface area (Å²) in [6.45, 7) is 6.62. The molecule has 0 saturated carbocycles. The Bertz CT molecular complexity index is 443. The van der Waals surface area contributed by atoms with Crippen molar-refractivity contribution in [2.45, 2.75) is 26.9 Å². The van der Waals surface area contributed by atoms with Gasteiger partial charge >= 0.3 is 0 Å². The summed E-state index contributed by atoms with van der Waals surface area (Å²) in [5, 5.41) is 0. The molecule has 4 nitrogen and oxygen atoms in total. The van der Waals surface area contributed by atoms with Gasteiger partial charge in [-0.25, -0.2) is 0 Å². The van der Waals surface area contributed by atoms with Crippen molar-refractivity contribution in [1.29, 1.82) is 0 Å². The van der Waals surface area contributed by atoms with Gasteiger partial charge in [-0.2, -0.15) is 0 Å². The highest BCUT2D eigenvalue weighted by molar-refractivity contribution is 6.00. The maximum atomic E-state index is 12.1. The molecule has 0 aliphatic carbocycles. The van der Waals surface area contributed by atoms with Crippen LogP contribution in [-0.4, -0.2) is 18.6 Å². The monoisotopic (exact) mass is 234 g/mol. The molecule has 0 spiro atoms. The molecule has 1 unspecified atom stereocenters. The number of carbonyl (C=O) groups excluding carboxylic acids is 1. The molecule has 0 saturated heterocycles. The van der Waals surface area contributed by atoms with Gasteiger partial charge in [0, 0.05) is 12.2 Å². The topological polar surface area (TPSA) is 55.6 Å². The first-order chi connectivity index (χ1) is 7.99. The zero-order chi connectivity index (χ0) is 12.6. The summed E-state index contributed by atoms with van der Waals surface area (Å²) in [5.74, 6) is 1.13. The molecule has 0 fully saturated rings. The molecule has 1 aliphatic rings. The molecular weight excluding hydrogens is 216 g/mol. The van der Waals surface area contributed by atoms with E-state index >= 15 is 0 Å². The van der Waals surface area contributed by atoms with Crippen molar-refractivity contribution >= 4 is 17.3 Å². The van der Waals surface area contributed by atoms with Crippen molar-refractivity contribution in [3.8, 4) is 5.75 Å². The quantitative estimate of drug-likeness (QED) is 0.797. The minimum Gasteiger partial charge on any atom is -0.479 e. The lowest BCUT2D eigenvalue weighted by Crippen LogP contribution is -2.46. The van der Waals surface area contributed by atoms with E-state index in [1.165, 1.54) is 0 Å². The number of nitrogens with two attached hydrogens (primary N) is 1. The number of rotatable bonds is 2. The molecule has 0 radical (unpaired) electrons. The van der Waals surface area contributed by atoms with Gasteiger partial charge in [0.15, 0.2) is 6.10 Å². The molecule has 92 valence electrons. The van der Waals surface area contributed by atoms with Gasteiger partial charge < -0.3 is 15.4 Å². The third-order valence-corrected chi connectivity index (χ3v) is 2.74. The molecule has 1 aliphatic heterocycles. The molecule has 0 bridgehead atoms. The average molecular weight is 234 g/mol. The number of carbonyl (C=O) groups is 1. The molecular formula is C13H18N2O2. The number of nitrogens with zero attached hydrogens (tertiary/aromatic N) is 1. The molecule has 1 atom stereocenters. The summed E-state index contributed by atoms with van der Waals surface area (Å²) >= 11 is 0. The average Bonchev–Trinajstić information content (AvgIpc) is 2.25. The number of anilines is 2. The summed E-state index contributed by atoms with van der Waals surface area (Å²) in [6.07, 6.45) is -0.426. The Kier molecular flexibility index (Phi) is 2.96. The maximum Gasteiger partial charge on any atom is 0.267 e. The van der Waals surface area contributed by atoms with Crippen LogP contribution >= 0.6 is 0 Å². The number of fused-ring (bicyclic) bond motifs is 1. The van der Waals surface area contributed by atoms with Gasteiger partial charge in [0.25, 0.3) is 5.91 Å². The highest BCUT2D eigenvalue weighted by Crippen LogP contribution is 2.35. The molecule has 1 aromatic rings. The fourth-order valence-corrected chi connectivity index (χ4v) is 1.98. The fourth-order valence-electron chi connectivity index (χ4n) is 1.98. The lowest BCUT2D eigenvalue weighted by molar-refractivity contribution is -0.125. The summed E-state index contributed by atoms with van der Waals surface area (Å²) in [7, 11) is 0. The van der Waals surface area contributed by atoms with Gasteiger partial charge in [-0.05, 0) is 31.0 Å². The smallest absolute Gasteiger partial charge is 0.267 e. The van der Waals surface area contributed by atoms with Crippen LogP contribution in [-0.2, 0) is 4.79 Å². The Labute approximate surface area is 101 Å². The normalized spacial score (nSPS) is 19.2. The predicted molar refractivity (Wildman–Crippen MR) is 68.1 cm³/mol. The number of ether oxygens (including phenoxy) is 1. The van der Waals surface area contributed by atoms with E-state index in [0.717, 1.165) is 11.4 Å². The van der Waals surface area contributed by atoms with Crippen LogP contribution in [0.1, 0.15) is 20.8 Å². The van der Waals surface area contributed by atoms with Crippen LogP contribution in [0.5, 0.6) is 5.75 Å². The number of hydrogen-bond acceptors (Lipinski definition) is 3. The number of benzene rings is 1. The first kappa shape index (κ1) is 11.8. The molecule has 0 aromatic heterocycles. The summed E-state index contributed by atoms with van der Waals surface area (Å²) in [5.41, 5.74) is 7.18. The van der Waals surface area contributed by atoms with Crippen LogP contribution in [0.3, 0.4) is 0 Å². The Morgan fingerprint density at radius 3 is 2.82 bits per heavy atom. The van der Waals surface area contributed by atoms with Gasteiger partial charge in [-0.1, -0.05) is 13.8 Å². The van der Waals surface area contributed by atoms with Crippen LogP contribution in [0.4, 0.5) is 11.4 Å². The van der Waals surface area contributed by atoms with E-state index in [9.17, 15) is 4.79 Å². The van der Waals surface area contributed by atoms with Crippen molar-refractivity contribution in [2.24, 2.45) is 5.92 Å². The Balaban J connectivity index is 2.43. The largest absolute Gasteiger partial charge is 0.479 e. The fraction of sp³-hybridized carbons (Fsp3) is 0.462. The van der Waals surface area contributed by atoms with Crippen LogP contribution in [0.2, 0.25) is 0 Å². The van der Waals surface area contributed by atoms with E-state index in [2.05, 4.69) is 13.8 Å². The molecule has 1 amide bonds. The summed E-state index contributed by atoms with van der Waals surface area (Å²) < 4.78 is 5.56. The highest BCUT2D eigenvalue weighted by Gasteiger charge is 2.31. The van der Waals surface area contributed by atoms with Crippen LogP contribution < -0.4 is 15.4 Å². The zero-order valence-corrected chi connectivity index (χ0v) is 10.4. The SMILES string of the molecule is CC(C)CN1C(=O)C(C)Oc2ccc(N)cc21. The number of amides is 1. The lowest BCUT2D eigenvalue weighted by Gasteiger charge is -2.34. The van der Waals surface area contributed by atoms with E-state index in [1.807, 2.05) is 6.07 Å². The van der Waals surface area contributed by atoms with Crippen molar-refractivity contribution in [3.63, 3.8) is 0 Å². The Morgan fingerprint density at radius 1 is 1.47 bits per heavy atom. The van der Waals surface area contributed by atoms with Crippen LogP contribution in [0.15, 0.2) is 18.2 Å². The second-order valence-electron chi connectivity index (χ2n) is 4.83. The van der Waals surface area contributed by atoms with Crippen LogP contribution in [0, 0.1) is 5.92 Å². The Hall–Kier alpha value is -1.71. The number of nitrogen functional groups attached to an aromatic ring is 1. The van der Waals surface area contributed by atoms with E-state index < -0.39 is 6.10 Å². The molecule has 17 heavy (non-hydrogen) atoms. The van der Waals surface area contributed by atoms with Gasteiger partial charge in [0.05, 0.1) is 5.69 Å².